The van der Waals surface area contributed by atoms with Gasteiger partial charge in [0.2, 0.25) is 6.79 Å². The fraction of sp³-hybridized carbons (Fsp3) is 0.500. The molecule has 2 aliphatic rings. The van der Waals surface area contributed by atoms with Crippen molar-refractivity contribution in [1.29, 1.82) is 0 Å². The van der Waals surface area contributed by atoms with Gasteiger partial charge in [-0.2, -0.15) is 0 Å². The topological polar surface area (TPSA) is 47.9 Å². The number of ketones is 1. The van der Waals surface area contributed by atoms with Crippen molar-refractivity contribution in [3.8, 4) is 11.5 Å². The molecule has 3 rings (SSSR count). The maximum atomic E-state index is 11.7. The highest BCUT2D eigenvalue weighted by molar-refractivity contribution is 6.04. The number of hydrogen-bond donors (Lipinski definition) is 0. The molecule has 0 aromatic heterocycles. The third-order valence-corrected chi connectivity index (χ3v) is 3.68. The molecule has 1 aromatic rings. The van der Waals surface area contributed by atoms with E-state index >= 15 is 0 Å². The first-order chi connectivity index (χ1) is 9.52. The lowest BCUT2D eigenvalue weighted by molar-refractivity contribution is -0.120. The molecule has 20 heavy (non-hydrogen) atoms. The summed E-state index contributed by atoms with van der Waals surface area (Å²) < 4.78 is 10.6. The Kier molecular flexibility index (Phi) is 3.24. The lowest BCUT2D eigenvalue weighted by atomic mass is 9.76. The Morgan fingerprint density at radius 1 is 1.20 bits per heavy atom. The van der Waals surface area contributed by atoms with Crippen molar-refractivity contribution in [2.45, 2.75) is 39.7 Å². The number of carbonyl (C=O) groups excluding carboxylic acids is 1. The molecule has 1 fully saturated rings. The molecule has 106 valence electrons. The standard InChI is InChI=1S/C16H19NO3/c1-16(2)7-12(6-13(18)8-16)17-9-11-3-4-14-15(5-11)20-10-19-14/h3-5H,6-10H2,1-2H3. The first-order valence-corrected chi connectivity index (χ1v) is 6.94. The quantitative estimate of drug-likeness (QED) is 0.831. The minimum absolute atomic E-state index is 0.0447. The Bertz CT molecular complexity index is 575. The van der Waals surface area contributed by atoms with Crippen molar-refractivity contribution in [3.63, 3.8) is 0 Å². The van der Waals surface area contributed by atoms with E-state index in [1.165, 1.54) is 0 Å². The van der Waals surface area contributed by atoms with Crippen LogP contribution in [0.25, 0.3) is 0 Å². The molecule has 0 bridgehead atoms. The van der Waals surface area contributed by atoms with E-state index in [0.29, 0.717) is 25.2 Å². The lowest BCUT2D eigenvalue weighted by Gasteiger charge is -2.29. The smallest absolute Gasteiger partial charge is 0.231 e. The van der Waals surface area contributed by atoms with Gasteiger partial charge in [0.05, 0.1) is 6.54 Å². The second-order valence-corrected chi connectivity index (χ2v) is 6.30. The number of carbonyl (C=O) groups is 1. The summed E-state index contributed by atoms with van der Waals surface area (Å²) in [6, 6.07) is 5.86. The molecular formula is C16H19NO3. The maximum absolute atomic E-state index is 11.7. The van der Waals surface area contributed by atoms with Crippen LogP contribution in [0.4, 0.5) is 0 Å². The highest BCUT2D eigenvalue weighted by atomic mass is 16.7. The van der Waals surface area contributed by atoms with Gasteiger partial charge in [-0.3, -0.25) is 9.79 Å². The van der Waals surface area contributed by atoms with Gasteiger partial charge < -0.3 is 9.47 Å². The molecule has 4 nitrogen and oxygen atoms in total. The van der Waals surface area contributed by atoms with Crippen LogP contribution in [0, 0.1) is 5.41 Å². The first kappa shape index (κ1) is 13.2. The summed E-state index contributed by atoms with van der Waals surface area (Å²) >= 11 is 0. The van der Waals surface area contributed by atoms with Gasteiger partial charge in [0, 0.05) is 18.6 Å². The molecule has 1 heterocycles. The van der Waals surface area contributed by atoms with Crippen LogP contribution in [-0.4, -0.2) is 18.3 Å². The second-order valence-electron chi connectivity index (χ2n) is 6.30. The van der Waals surface area contributed by atoms with Crippen LogP contribution in [0.5, 0.6) is 11.5 Å². The summed E-state index contributed by atoms with van der Waals surface area (Å²) in [7, 11) is 0. The minimum atomic E-state index is 0.0447. The predicted octanol–water partition coefficient (Wildman–Crippen LogP) is 3.14. The molecule has 0 N–H and O–H groups in total. The van der Waals surface area contributed by atoms with Crippen molar-refractivity contribution < 1.29 is 14.3 Å². The number of fused-ring (bicyclic) bond motifs is 1. The molecule has 0 unspecified atom stereocenters. The summed E-state index contributed by atoms with van der Waals surface area (Å²) in [5, 5.41) is 0. The zero-order valence-corrected chi connectivity index (χ0v) is 11.9. The molecule has 0 radical (unpaired) electrons. The number of rotatable bonds is 2. The average Bonchev–Trinajstić information content (AvgIpc) is 2.81. The lowest BCUT2D eigenvalue weighted by Crippen LogP contribution is -2.29. The third kappa shape index (κ3) is 2.84. The summed E-state index contributed by atoms with van der Waals surface area (Å²) in [5.74, 6) is 1.86. The highest BCUT2D eigenvalue weighted by Crippen LogP contribution is 2.34. The van der Waals surface area contributed by atoms with E-state index in [4.69, 9.17) is 9.47 Å². The van der Waals surface area contributed by atoms with Crippen LogP contribution < -0.4 is 9.47 Å². The number of benzene rings is 1. The van der Waals surface area contributed by atoms with Gasteiger partial charge in [0.25, 0.3) is 0 Å². The van der Waals surface area contributed by atoms with E-state index < -0.39 is 0 Å². The van der Waals surface area contributed by atoms with Crippen LogP contribution in [-0.2, 0) is 11.3 Å². The van der Waals surface area contributed by atoms with Gasteiger partial charge in [-0.1, -0.05) is 19.9 Å². The molecule has 0 spiro atoms. The average molecular weight is 273 g/mol. The molecule has 1 aromatic carbocycles. The fourth-order valence-corrected chi connectivity index (χ4v) is 2.86. The SMILES string of the molecule is CC1(C)CC(=O)CC(=NCc2ccc3c(c2)OCO3)C1. The fourth-order valence-electron chi connectivity index (χ4n) is 2.86. The van der Waals surface area contributed by atoms with E-state index in [2.05, 4.69) is 18.8 Å². The summed E-state index contributed by atoms with van der Waals surface area (Å²) in [6.45, 7) is 5.13. The van der Waals surface area contributed by atoms with Crippen molar-refractivity contribution in [1.82, 2.24) is 0 Å². The van der Waals surface area contributed by atoms with Crippen LogP contribution in [0.2, 0.25) is 0 Å². The van der Waals surface area contributed by atoms with Gasteiger partial charge in [-0.15, -0.1) is 0 Å². The minimum Gasteiger partial charge on any atom is -0.454 e. The van der Waals surface area contributed by atoms with Gasteiger partial charge in [0.1, 0.15) is 5.78 Å². The summed E-state index contributed by atoms with van der Waals surface area (Å²) in [5.41, 5.74) is 2.14. The van der Waals surface area contributed by atoms with Gasteiger partial charge >= 0.3 is 0 Å². The van der Waals surface area contributed by atoms with E-state index in [9.17, 15) is 4.79 Å². The molecule has 1 saturated carbocycles. The van der Waals surface area contributed by atoms with Crippen LogP contribution in [0.1, 0.15) is 38.7 Å². The van der Waals surface area contributed by atoms with Crippen molar-refractivity contribution >= 4 is 11.5 Å². The number of hydrogen-bond acceptors (Lipinski definition) is 4. The Balaban J connectivity index is 1.72. The van der Waals surface area contributed by atoms with Crippen LogP contribution in [0.15, 0.2) is 23.2 Å². The molecule has 0 saturated heterocycles. The Morgan fingerprint density at radius 2 is 2.00 bits per heavy atom. The Labute approximate surface area is 118 Å². The van der Waals surface area contributed by atoms with E-state index in [1.54, 1.807) is 0 Å². The predicted molar refractivity (Wildman–Crippen MR) is 76.3 cm³/mol. The second kappa shape index (κ2) is 4.93. The molecule has 0 atom stereocenters. The molecule has 1 aliphatic heterocycles. The van der Waals surface area contributed by atoms with Gasteiger partial charge in [0.15, 0.2) is 11.5 Å². The Hall–Kier alpha value is -1.84. The number of aliphatic imine (C=N–C) groups is 1. The van der Waals surface area contributed by atoms with Crippen LogP contribution in [0.3, 0.4) is 0 Å². The van der Waals surface area contributed by atoms with E-state index in [0.717, 1.165) is 29.2 Å². The third-order valence-electron chi connectivity index (χ3n) is 3.68. The van der Waals surface area contributed by atoms with Gasteiger partial charge in [-0.25, -0.2) is 0 Å². The molecule has 0 amide bonds. The van der Waals surface area contributed by atoms with E-state index in [-0.39, 0.29) is 12.2 Å². The summed E-state index contributed by atoms with van der Waals surface area (Å²) in [6.07, 6.45) is 2.08. The van der Waals surface area contributed by atoms with Crippen molar-refractivity contribution in [3.05, 3.63) is 23.8 Å². The molecule has 1 aliphatic carbocycles. The van der Waals surface area contributed by atoms with Crippen molar-refractivity contribution in [2.24, 2.45) is 10.4 Å². The molecule has 4 heteroatoms. The Morgan fingerprint density at radius 3 is 2.80 bits per heavy atom. The van der Waals surface area contributed by atoms with Crippen LogP contribution >= 0.6 is 0 Å². The van der Waals surface area contributed by atoms with Gasteiger partial charge in [-0.05, 0) is 29.5 Å². The largest absolute Gasteiger partial charge is 0.454 e. The molecular weight excluding hydrogens is 254 g/mol. The number of Topliss-reactive ketones (excluding diaryl/α,β-unsaturated/α-hetero) is 1. The van der Waals surface area contributed by atoms with E-state index in [1.807, 2.05) is 18.2 Å². The zero-order valence-electron chi connectivity index (χ0n) is 11.9. The zero-order chi connectivity index (χ0) is 14.2. The number of ether oxygens (including phenoxy) is 2. The van der Waals surface area contributed by atoms with Crippen molar-refractivity contribution in [2.75, 3.05) is 6.79 Å². The maximum Gasteiger partial charge on any atom is 0.231 e. The highest BCUT2D eigenvalue weighted by Gasteiger charge is 2.30. The normalized spacial score (nSPS) is 22.3. The first-order valence-electron chi connectivity index (χ1n) is 6.94. The number of nitrogens with zero attached hydrogens (tertiary/aromatic N) is 1. The monoisotopic (exact) mass is 273 g/mol. The summed E-state index contributed by atoms with van der Waals surface area (Å²) in [4.78, 5) is 16.4.